The molecule has 0 amide bonds. The third-order valence-corrected chi connectivity index (χ3v) is 2.69. The molecule has 0 saturated heterocycles. The van der Waals surface area contributed by atoms with Gasteiger partial charge in [-0.3, -0.25) is 0 Å². The fourth-order valence-electron chi connectivity index (χ4n) is 1.97. The minimum atomic E-state index is -0.370. The molecule has 90 valence electrons. The van der Waals surface area contributed by atoms with E-state index in [1.807, 2.05) is 0 Å². The molecule has 1 aromatic carbocycles. The molecular weight excluding hydrogens is 200 g/mol. The van der Waals surface area contributed by atoms with Gasteiger partial charge in [0.05, 0.1) is 6.10 Å². The highest BCUT2D eigenvalue weighted by atomic mass is 16.3. The second-order valence-corrected chi connectivity index (χ2v) is 4.39. The summed E-state index contributed by atoms with van der Waals surface area (Å²) in [6.45, 7) is 7.33. The van der Waals surface area contributed by atoms with Crippen molar-refractivity contribution in [3.05, 3.63) is 28.8 Å². The summed E-state index contributed by atoms with van der Waals surface area (Å²) in [7, 11) is 0. The molecule has 0 radical (unpaired) electrons. The summed E-state index contributed by atoms with van der Waals surface area (Å²) in [5.74, 6) is 0. The maximum Gasteiger partial charge on any atom is 0.0724 e. The van der Waals surface area contributed by atoms with Gasteiger partial charge in [0.2, 0.25) is 0 Å². The van der Waals surface area contributed by atoms with E-state index in [1.165, 1.54) is 16.7 Å². The van der Waals surface area contributed by atoms with Crippen LogP contribution >= 0.6 is 0 Å². The average Bonchev–Trinajstić information content (AvgIpc) is 2.16. The molecule has 0 aliphatic rings. The van der Waals surface area contributed by atoms with E-state index in [0.29, 0.717) is 19.5 Å². The van der Waals surface area contributed by atoms with Crippen molar-refractivity contribution in [1.82, 2.24) is 0 Å². The van der Waals surface area contributed by atoms with Gasteiger partial charge in [-0.05, 0) is 44.9 Å². The molecule has 0 aliphatic carbocycles. The Kier molecular flexibility index (Phi) is 4.77. The van der Waals surface area contributed by atoms with Gasteiger partial charge in [-0.15, -0.1) is 0 Å². The third-order valence-electron chi connectivity index (χ3n) is 2.69. The van der Waals surface area contributed by atoms with E-state index >= 15 is 0 Å². The van der Waals surface area contributed by atoms with Crippen LogP contribution in [-0.2, 0) is 0 Å². The largest absolute Gasteiger partial charge is 0.391 e. The summed E-state index contributed by atoms with van der Waals surface area (Å²) in [4.78, 5) is 0. The van der Waals surface area contributed by atoms with Gasteiger partial charge < -0.3 is 16.2 Å². The SMILES string of the molecule is Cc1cc(C)c(NCC(O)CCN)c(C)c1. The predicted molar refractivity (Wildman–Crippen MR) is 68.8 cm³/mol. The normalized spacial score (nSPS) is 12.6. The molecule has 0 fully saturated rings. The molecule has 0 spiro atoms. The Bertz CT molecular complexity index is 327. The van der Waals surface area contributed by atoms with Gasteiger partial charge in [-0.1, -0.05) is 17.7 Å². The first-order valence-electron chi connectivity index (χ1n) is 5.74. The van der Waals surface area contributed by atoms with E-state index in [2.05, 4.69) is 38.2 Å². The van der Waals surface area contributed by atoms with Gasteiger partial charge in [0.25, 0.3) is 0 Å². The van der Waals surface area contributed by atoms with Gasteiger partial charge in [0, 0.05) is 12.2 Å². The van der Waals surface area contributed by atoms with E-state index in [9.17, 15) is 5.11 Å². The third kappa shape index (κ3) is 3.51. The predicted octanol–water partition coefficient (Wildman–Crippen LogP) is 1.73. The van der Waals surface area contributed by atoms with Crippen LogP contribution in [0, 0.1) is 20.8 Å². The fraction of sp³-hybridized carbons (Fsp3) is 0.538. The smallest absolute Gasteiger partial charge is 0.0724 e. The van der Waals surface area contributed by atoms with Gasteiger partial charge in [-0.2, -0.15) is 0 Å². The summed E-state index contributed by atoms with van der Waals surface area (Å²) >= 11 is 0. The zero-order chi connectivity index (χ0) is 12.1. The number of hydrogen-bond acceptors (Lipinski definition) is 3. The molecule has 3 nitrogen and oxygen atoms in total. The minimum Gasteiger partial charge on any atom is -0.391 e. The molecule has 1 unspecified atom stereocenters. The molecule has 4 N–H and O–H groups in total. The summed E-state index contributed by atoms with van der Waals surface area (Å²) in [6, 6.07) is 4.29. The van der Waals surface area contributed by atoms with E-state index in [0.717, 1.165) is 5.69 Å². The van der Waals surface area contributed by atoms with E-state index in [1.54, 1.807) is 0 Å². The summed E-state index contributed by atoms with van der Waals surface area (Å²) in [5, 5.41) is 12.9. The van der Waals surface area contributed by atoms with Crippen LogP contribution in [0.3, 0.4) is 0 Å². The van der Waals surface area contributed by atoms with Crippen molar-refractivity contribution in [2.75, 3.05) is 18.4 Å². The van der Waals surface area contributed by atoms with Crippen molar-refractivity contribution in [3.8, 4) is 0 Å². The molecule has 16 heavy (non-hydrogen) atoms. The number of hydrogen-bond donors (Lipinski definition) is 3. The zero-order valence-electron chi connectivity index (χ0n) is 10.4. The lowest BCUT2D eigenvalue weighted by molar-refractivity contribution is 0.180. The first kappa shape index (κ1) is 13.0. The number of nitrogens with one attached hydrogen (secondary N) is 1. The number of rotatable bonds is 5. The maximum atomic E-state index is 9.60. The number of aryl methyl sites for hydroxylation is 3. The van der Waals surface area contributed by atoms with Crippen LogP contribution in [0.4, 0.5) is 5.69 Å². The van der Waals surface area contributed by atoms with Crippen molar-refractivity contribution in [2.45, 2.75) is 33.3 Å². The minimum absolute atomic E-state index is 0.370. The average molecular weight is 222 g/mol. The number of anilines is 1. The highest BCUT2D eigenvalue weighted by Gasteiger charge is 2.06. The maximum absolute atomic E-state index is 9.60. The van der Waals surface area contributed by atoms with Crippen molar-refractivity contribution in [3.63, 3.8) is 0 Å². The summed E-state index contributed by atoms with van der Waals surface area (Å²) in [5.41, 5.74) is 10.2. The van der Waals surface area contributed by atoms with Gasteiger partial charge >= 0.3 is 0 Å². The Morgan fingerprint density at radius 2 is 1.81 bits per heavy atom. The first-order chi connectivity index (χ1) is 7.54. The Morgan fingerprint density at radius 3 is 2.31 bits per heavy atom. The van der Waals surface area contributed by atoms with Crippen molar-refractivity contribution >= 4 is 5.69 Å². The monoisotopic (exact) mass is 222 g/mol. The Balaban J connectivity index is 2.67. The lowest BCUT2D eigenvalue weighted by Crippen LogP contribution is -2.23. The number of nitrogens with two attached hydrogens (primary N) is 1. The molecule has 1 atom stereocenters. The molecule has 0 aromatic heterocycles. The van der Waals surface area contributed by atoms with Crippen molar-refractivity contribution in [2.24, 2.45) is 5.73 Å². The molecular formula is C13H22N2O. The van der Waals surface area contributed by atoms with Gasteiger partial charge in [0.15, 0.2) is 0 Å². The number of aliphatic hydroxyl groups excluding tert-OH is 1. The molecule has 3 heteroatoms. The lowest BCUT2D eigenvalue weighted by Gasteiger charge is -2.16. The molecule has 0 aliphatic heterocycles. The quantitative estimate of drug-likeness (QED) is 0.711. The second-order valence-electron chi connectivity index (χ2n) is 4.39. The molecule has 0 bridgehead atoms. The molecule has 0 saturated carbocycles. The van der Waals surface area contributed by atoms with Crippen LogP contribution in [0.1, 0.15) is 23.1 Å². The van der Waals surface area contributed by atoms with E-state index < -0.39 is 0 Å². The van der Waals surface area contributed by atoms with Gasteiger partial charge in [-0.25, -0.2) is 0 Å². The fourth-order valence-corrected chi connectivity index (χ4v) is 1.97. The molecule has 0 heterocycles. The van der Waals surface area contributed by atoms with Crippen molar-refractivity contribution in [1.29, 1.82) is 0 Å². The Morgan fingerprint density at radius 1 is 1.25 bits per heavy atom. The molecule has 1 rings (SSSR count). The highest BCUT2D eigenvalue weighted by Crippen LogP contribution is 2.21. The molecule has 1 aromatic rings. The van der Waals surface area contributed by atoms with Crippen LogP contribution in [0.25, 0.3) is 0 Å². The summed E-state index contributed by atoms with van der Waals surface area (Å²) in [6.07, 6.45) is 0.266. The Labute approximate surface area is 97.7 Å². The van der Waals surface area contributed by atoms with E-state index in [4.69, 9.17) is 5.73 Å². The summed E-state index contributed by atoms with van der Waals surface area (Å²) < 4.78 is 0. The van der Waals surface area contributed by atoms with Crippen LogP contribution in [0.15, 0.2) is 12.1 Å². The lowest BCUT2D eigenvalue weighted by atomic mass is 10.0. The number of aliphatic hydroxyl groups is 1. The zero-order valence-corrected chi connectivity index (χ0v) is 10.4. The highest BCUT2D eigenvalue weighted by molar-refractivity contribution is 5.58. The first-order valence-corrected chi connectivity index (χ1v) is 5.74. The standard InChI is InChI=1S/C13H22N2O/c1-9-6-10(2)13(11(3)7-9)15-8-12(16)4-5-14/h6-7,12,15-16H,4-5,8,14H2,1-3H3. The number of benzene rings is 1. The van der Waals surface area contributed by atoms with E-state index in [-0.39, 0.29) is 6.10 Å². The van der Waals surface area contributed by atoms with Crippen molar-refractivity contribution < 1.29 is 5.11 Å². The topological polar surface area (TPSA) is 58.3 Å². The Hall–Kier alpha value is -1.06. The second kappa shape index (κ2) is 5.87. The van der Waals surface area contributed by atoms with Crippen LogP contribution in [0.5, 0.6) is 0 Å². The van der Waals surface area contributed by atoms with Crippen LogP contribution < -0.4 is 11.1 Å². The van der Waals surface area contributed by atoms with Crippen LogP contribution in [-0.4, -0.2) is 24.3 Å². The van der Waals surface area contributed by atoms with Gasteiger partial charge in [0.1, 0.15) is 0 Å². The van der Waals surface area contributed by atoms with Crippen LogP contribution in [0.2, 0.25) is 0 Å².